The van der Waals surface area contributed by atoms with Crippen LogP contribution in [-0.4, -0.2) is 10.2 Å². The van der Waals surface area contributed by atoms with E-state index in [0.717, 1.165) is 10.2 Å². The highest BCUT2D eigenvalue weighted by Gasteiger charge is 2.44. The van der Waals surface area contributed by atoms with Gasteiger partial charge < -0.3 is 0 Å². The van der Waals surface area contributed by atoms with Gasteiger partial charge in [-0.05, 0) is 47.3 Å². The third kappa shape index (κ3) is 2.35. The van der Waals surface area contributed by atoms with Gasteiger partial charge in [0.25, 0.3) is 0 Å². The summed E-state index contributed by atoms with van der Waals surface area (Å²) >= 11 is 0. The van der Waals surface area contributed by atoms with Crippen LogP contribution < -0.4 is 0 Å². The molecule has 1 heteroatoms. The van der Waals surface area contributed by atoms with Crippen LogP contribution in [-0.2, 0) is 5.41 Å². The molecule has 0 amide bonds. The van der Waals surface area contributed by atoms with Gasteiger partial charge in [-0.25, -0.2) is 0 Å². The molecule has 0 unspecified atom stereocenters. The predicted octanol–water partition coefficient (Wildman–Crippen LogP) is 5.10. The van der Waals surface area contributed by atoms with Crippen molar-refractivity contribution in [2.45, 2.75) is 19.3 Å². The summed E-state index contributed by atoms with van der Waals surface area (Å²) in [7, 11) is 1.03. The SMILES string of the molecule is CC1=C([SiH3])C(c2ccccc2)(c2ccccc2)C(C)=C1c1ccccc1. The van der Waals surface area contributed by atoms with Crippen LogP contribution in [0.2, 0.25) is 0 Å². The Hall–Kier alpha value is -2.64. The molecule has 0 bridgehead atoms. The molecule has 0 N–H and O–H groups in total. The summed E-state index contributed by atoms with van der Waals surface area (Å²) in [5, 5.41) is 1.56. The summed E-state index contributed by atoms with van der Waals surface area (Å²) in [5.41, 5.74) is 8.26. The second-order valence-corrected chi connectivity index (χ2v) is 8.10. The molecule has 26 heavy (non-hydrogen) atoms. The Balaban J connectivity index is 2.09. The van der Waals surface area contributed by atoms with Gasteiger partial charge in [0.2, 0.25) is 0 Å². The van der Waals surface area contributed by atoms with E-state index in [1.54, 1.807) is 5.20 Å². The Kier molecular flexibility index (Phi) is 4.26. The van der Waals surface area contributed by atoms with Gasteiger partial charge in [-0.15, -0.1) is 0 Å². The largest absolute Gasteiger partial charge is 0.0699 e. The van der Waals surface area contributed by atoms with Gasteiger partial charge in [0.15, 0.2) is 0 Å². The number of allylic oxidation sites excluding steroid dienone is 4. The first kappa shape index (κ1) is 16.8. The highest BCUT2D eigenvalue weighted by Crippen LogP contribution is 2.54. The molecule has 1 aliphatic carbocycles. The van der Waals surface area contributed by atoms with Crippen molar-refractivity contribution < 1.29 is 0 Å². The summed E-state index contributed by atoms with van der Waals surface area (Å²) in [6, 6.07) is 32.9. The zero-order chi connectivity index (χ0) is 18.1. The molecule has 0 atom stereocenters. The minimum atomic E-state index is -0.135. The Morgan fingerprint density at radius 3 is 1.50 bits per heavy atom. The quantitative estimate of drug-likeness (QED) is 0.575. The summed E-state index contributed by atoms with van der Waals surface area (Å²) in [6.07, 6.45) is 0. The summed E-state index contributed by atoms with van der Waals surface area (Å²) in [6.45, 7) is 4.64. The highest BCUT2D eigenvalue weighted by atomic mass is 28.1. The van der Waals surface area contributed by atoms with Crippen LogP contribution in [0.3, 0.4) is 0 Å². The average Bonchev–Trinajstić information content (AvgIpc) is 2.90. The maximum Gasteiger partial charge on any atom is 0.0588 e. The monoisotopic (exact) mass is 352 g/mol. The molecule has 128 valence electrons. The summed E-state index contributed by atoms with van der Waals surface area (Å²) in [5.74, 6) is 0. The van der Waals surface area contributed by atoms with Crippen LogP contribution in [0.5, 0.6) is 0 Å². The van der Waals surface area contributed by atoms with Crippen LogP contribution in [0.15, 0.2) is 107 Å². The average molecular weight is 353 g/mol. The molecule has 0 fully saturated rings. The van der Waals surface area contributed by atoms with Gasteiger partial charge in [-0.2, -0.15) is 0 Å². The van der Waals surface area contributed by atoms with E-state index < -0.39 is 0 Å². The van der Waals surface area contributed by atoms with Crippen LogP contribution in [0.25, 0.3) is 5.57 Å². The van der Waals surface area contributed by atoms with E-state index in [9.17, 15) is 0 Å². The lowest BCUT2D eigenvalue weighted by atomic mass is 9.70. The molecule has 4 rings (SSSR count). The van der Waals surface area contributed by atoms with E-state index >= 15 is 0 Å². The van der Waals surface area contributed by atoms with Crippen molar-refractivity contribution in [3.05, 3.63) is 124 Å². The van der Waals surface area contributed by atoms with E-state index in [1.165, 1.54) is 33.4 Å². The molecule has 0 saturated carbocycles. The Morgan fingerprint density at radius 2 is 1.04 bits per heavy atom. The Morgan fingerprint density at radius 1 is 0.615 bits per heavy atom. The van der Waals surface area contributed by atoms with Crippen molar-refractivity contribution in [3.63, 3.8) is 0 Å². The molecule has 0 heterocycles. The summed E-state index contributed by atoms with van der Waals surface area (Å²) in [4.78, 5) is 0. The molecule has 1 aliphatic rings. The maximum atomic E-state index is 2.33. The number of benzene rings is 3. The second kappa shape index (κ2) is 6.58. The molecule has 0 spiro atoms. The first-order valence-electron chi connectivity index (χ1n) is 9.23. The molecule has 0 radical (unpaired) electrons. The van der Waals surface area contributed by atoms with Gasteiger partial charge in [0, 0.05) is 10.2 Å². The fourth-order valence-corrected chi connectivity index (χ4v) is 5.87. The van der Waals surface area contributed by atoms with Crippen molar-refractivity contribution in [1.82, 2.24) is 0 Å². The van der Waals surface area contributed by atoms with Gasteiger partial charge in [-0.3, -0.25) is 0 Å². The van der Waals surface area contributed by atoms with E-state index in [2.05, 4.69) is 105 Å². The first-order chi connectivity index (χ1) is 12.7. The minimum absolute atomic E-state index is 0.135. The lowest BCUT2D eigenvalue weighted by molar-refractivity contribution is 0.755. The highest BCUT2D eigenvalue weighted by molar-refractivity contribution is 6.27. The summed E-state index contributed by atoms with van der Waals surface area (Å²) < 4.78 is 0. The van der Waals surface area contributed by atoms with E-state index in [0.29, 0.717) is 0 Å². The molecular weight excluding hydrogens is 328 g/mol. The van der Waals surface area contributed by atoms with Crippen LogP contribution >= 0.6 is 0 Å². The van der Waals surface area contributed by atoms with Crippen molar-refractivity contribution >= 4 is 15.8 Å². The zero-order valence-corrected chi connectivity index (χ0v) is 17.7. The fraction of sp³-hybridized carbons (Fsp3) is 0.120. The van der Waals surface area contributed by atoms with Crippen LogP contribution in [0.1, 0.15) is 30.5 Å². The van der Waals surface area contributed by atoms with Gasteiger partial charge >= 0.3 is 0 Å². The normalized spacial score (nSPS) is 16.4. The zero-order valence-electron chi connectivity index (χ0n) is 15.7. The minimum Gasteiger partial charge on any atom is -0.0699 e. The van der Waals surface area contributed by atoms with Crippen molar-refractivity contribution in [2.24, 2.45) is 0 Å². The molecular formula is C25H24Si. The number of hydrogen-bond acceptors (Lipinski definition) is 0. The van der Waals surface area contributed by atoms with E-state index in [-0.39, 0.29) is 5.41 Å². The molecule has 0 aromatic heterocycles. The molecule has 0 aliphatic heterocycles. The molecule has 3 aromatic rings. The molecule has 0 nitrogen and oxygen atoms in total. The predicted molar refractivity (Wildman–Crippen MR) is 115 cm³/mol. The third-order valence-electron chi connectivity index (χ3n) is 5.91. The van der Waals surface area contributed by atoms with Gasteiger partial charge in [-0.1, -0.05) is 96.2 Å². The third-order valence-corrected chi connectivity index (χ3v) is 7.41. The Labute approximate surface area is 159 Å². The number of hydrogen-bond donors (Lipinski definition) is 0. The van der Waals surface area contributed by atoms with Crippen molar-refractivity contribution in [3.8, 4) is 0 Å². The topological polar surface area (TPSA) is 0 Å². The number of rotatable bonds is 3. The van der Waals surface area contributed by atoms with Gasteiger partial charge in [0.1, 0.15) is 0 Å². The smallest absolute Gasteiger partial charge is 0.0588 e. The van der Waals surface area contributed by atoms with Crippen molar-refractivity contribution in [1.29, 1.82) is 0 Å². The lowest BCUT2D eigenvalue weighted by Gasteiger charge is -2.35. The lowest BCUT2D eigenvalue weighted by Crippen LogP contribution is -2.30. The van der Waals surface area contributed by atoms with E-state index in [1.807, 2.05) is 0 Å². The molecule has 3 aromatic carbocycles. The van der Waals surface area contributed by atoms with Crippen molar-refractivity contribution in [2.75, 3.05) is 0 Å². The molecule has 0 saturated heterocycles. The maximum absolute atomic E-state index is 2.33. The fourth-order valence-electron chi connectivity index (χ4n) is 4.67. The van der Waals surface area contributed by atoms with E-state index in [4.69, 9.17) is 0 Å². The second-order valence-electron chi connectivity index (χ2n) is 7.10. The van der Waals surface area contributed by atoms with Crippen LogP contribution in [0, 0.1) is 0 Å². The Bertz CT molecular complexity index is 941. The van der Waals surface area contributed by atoms with Crippen LogP contribution in [0.4, 0.5) is 0 Å². The first-order valence-corrected chi connectivity index (χ1v) is 10.2. The van der Waals surface area contributed by atoms with Gasteiger partial charge in [0.05, 0.1) is 5.41 Å². The standard InChI is InChI=1S/C25H24Si/c1-18-23(20-12-6-3-7-13-20)19(2)25(24(18)26,21-14-8-4-9-15-21)22-16-10-5-11-17-22/h3-17H,1-2,26H3.